The van der Waals surface area contributed by atoms with E-state index in [1.165, 1.54) is 0 Å². The van der Waals surface area contributed by atoms with E-state index in [4.69, 9.17) is 4.74 Å². The Morgan fingerprint density at radius 2 is 2.12 bits per heavy atom. The van der Waals surface area contributed by atoms with Crippen LogP contribution in [0.15, 0.2) is 18.2 Å². The molecule has 1 aromatic carbocycles. The summed E-state index contributed by atoms with van der Waals surface area (Å²) in [5.74, 6) is -1.02. The highest BCUT2D eigenvalue weighted by molar-refractivity contribution is 5.24. The molecule has 96 valence electrons. The maximum Gasteiger partial charge on any atom is 0.165 e. The van der Waals surface area contributed by atoms with Gasteiger partial charge in [0.2, 0.25) is 0 Å². The standard InChI is InChI=1S/C13H19F2NO/c1-3-16-10(2)5-4-8-17-13-9-11(14)6-7-12(13)15/h6-7,9-10,16H,3-5,8H2,1-2H3. The van der Waals surface area contributed by atoms with Crippen molar-refractivity contribution < 1.29 is 13.5 Å². The van der Waals surface area contributed by atoms with E-state index in [2.05, 4.69) is 19.2 Å². The Morgan fingerprint density at radius 3 is 2.82 bits per heavy atom. The predicted molar refractivity (Wildman–Crippen MR) is 64.2 cm³/mol. The molecule has 17 heavy (non-hydrogen) atoms. The number of halogens is 2. The first kappa shape index (κ1) is 13.9. The van der Waals surface area contributed by atoms with E-state index < -0.39 is 11.6 Å². The van der Waals surface area contributed by atoms with Crippen LogP contribution in [0, 0.1) is 11.6 Å². The predicted octanol–water partition coefficient (Wildman–Crippen LogP) is 3.12. The number of ether oxygens (including phenoxy) is 1. The maximum atomic E-state index is 13.2. The molecule has 0 amide bonds. The summed E-state index contributed by atoms with van der Waals surface area (Å²) < 4.78 is 31.2. The van der Waals surface area contributed by atoms with Crippen LogP contribution < -0.4 is 10.1 Å². The fraction of sp³-hybridized carbons (Fsp3) is 0.538. The summed E-state index contributed by atoms with van der Waals surface area (Å²) in [6.07, 6.45) is 1.76. The summed E-state index contributed by atoms with van der Waals surface area (Å²) >= 11 is 0. The summed E-state index contributed by atoms with van der Waals surface area (Å²) in [5, 5.41) is 3.28. The number of hydrogen-bond acceptors (Lipinski definition) is 2. The average Bonchev–Trinajstić information content (AvgIpc) is 2.29. The molecule has 2 nitrogen and oxygen atoms in total. The van der Waals surface area contributed by atoms with Crippen LogP contribution >= 0.6 is 0 Å². The molecular weight excluding hydrogens is 224 g/mol. The first-order valence-corrected chi connectivity index (χ1v) is 5.94. The van der Waals surface area contributed by atoms with Crippen molar-refractivity contribution >= 4 is 0 Å². The van der Waals surface area contributed by atoms with Crippen molar-refractivity contribution in [3.8, 4) is 5.75 Å². The smallest absolute Gasteiger partial charge is 0.165 e. The lowest BCUT2D eigenvalue weighted by molar-refractivity contribution is 0.283. The van der Waals surface area contributed by atoms with Gasteiger partial charge in [0, 0.05) is 12.1 Å². The van der Waals surface area contributed by atoms with E-state index in [9.17, 15) is 8.78 Å². The molecule has 0 radical (unpaired) electrons. The molecule has 1 atom stereocenters. The van der Waals surface area contributed by atoms with Crippen molar-refractivity contribution in [1.29, 1.82) is 0 Å². The minimum Gasteiger partial charge on any atom is -0.490 e. The monoisotopic (exact) mass is 243 g/mol. The molecule has 0 fully saturated rings. The van der Waals surface area contributed by atoms with Gasteiger partial charge in [0.05, 0.1) is 6.61 Å². The lowest BCUT2D eigenvalue weighted by Gasteiger charge is -2.12. The zero-order valence-corrected chi connectivity index (χ0v) is 10.3. The van der Waals surface area contributed by atoms with Gasteiger partial charge < -0.3 is 10.1 Å². The summed E-state index contributed by atoms with van der Waals surface area (Å²) in [5.41, 5.74) is 0. The Labute approximate surface area is 101 Å². The highest BCUT2D eigenvalue weighted by atomic mass is 19.1. The quantitative estimate of drug-likeness (QED) is 0.743. The van der Waals surface area contributed by atoms with Gasteiger partial charge in [0.1, 0.15) is 5.82 Å². The maximum absolute atomic E-state index is 13.2. The topological polar surface area (TPSA) is 21.3 Å². The van der Waals surface area contributed by atoms with Crippen LogP contribution in [0.4, 0.5) is 8.78 Å². The third-order valence-corrected chi connectivity index (χ3v) is 2.48. The molecule has 0 saturated heterocycles. The van der Waals surface area contributed by atoms with E-state index >= 15 is 0 Å². The van der Waals surface area contributed by atoms with Gasteiger partial charge in [-0.2, -0.15) is 0 Å². The van der Waals surface area contributed by atoms with Gasteiger partial charge in [-0.25, -0.2) is 8.78 Å². The molecule has 0 aliphatic heterocycles. The Bertz CT molecular complexity index is 344. The molecule has 1 aromatic rings. The fourth-order valence-electron chi connectivity index (χ4n) is 1.61. The van der Waals surface area contributed by atoms with Gasteiger partial charge in [0.25, 0.3) is 0 Å². The van der Waals surface area contributed by atoms with Crippen LogP contribution in [0.25, 0.3) is 0 Å². The molecule has 0 saturated carbocycles. The number of rotatable bonds is 7. The van der Waals surface area contributed by atoms with E-state index in [1.54, 1.807) is 0 Å². The second-order valence-electron chi connectivity index (χ2n) is 4.02. The SMILES string of the molecule is CCNC(C)CCCOc1cc(F)ccc1F. The molecule has 0 bridgehead atoms. The van der Waals surface area contributed by atoms with Crippen LogP contribution in [-0.4, -0.2) is 19.2 Å². The average molecular weight is 243 g/mol. The van der Waals surface area contributed by atoms with E-state index in [0.717, 1.165) is 37.6 Å². The molecule has 0 aliphatic carbocycles. The second-order valence-corrected chi connectivity index (χ2v) is 4.02. The van der Waals surface area contributed by atoms with E-state index in [1.807, 2.05) is 0 Å². The first-order chi connectivity index (χ1) is 8.13. The Balaban J connectivity index is 2.28. The largest absolute Gasteiger partial charge is 0.490 e. The van der Waals surface area contributed by atoms with E-state index in [-0.39, 0.29) is 5.75 Å². The fourth-order valence-corrected chi connectivity index (χ4v) is 1.61. The second kappa shape index (κ2) is 7.22. The number of nitrogens with one attached hydrogen (secondary N) is 1. The highest BCUT2D eigenvalue weighted by Crippen LogP contribution is 2.18. The van der Waals surface area contributed by atoms with Crippen molar-refractivity contribution in [1.82, 2.24) is 5.32 Å². The molecule has 0 aromatic heterocycles. The first-order valence-electron chi connectivity index (χ1n) is 5.94. The molecule has 4 heteroatoms. The van der Waals surface area contributed by atoms with Crippen molar-refractivity contribution in [3.05, 3.63) is 29.8 Å². The van der Waals surface area contributed by atoms with Crippen LogP contribution in [0.1, 0.15) is 26.7 Å². The summed E-state index contributed by atoms with van der Waals surface area (Å²) in [7, 11) is 0. The lowest BCUT2D eigenvalue weighted by atomic mass is 10.2. The zero-order valence-electron chi connectivity index (χ0n) is 10.3. The Morgan fingerprint density at radius 1 is 1.35 bits per heavy atom. The summed E-state index contributed by atoms with van der Waals surface area (Å²) in [6, 6.07) is 3.64. The molecular formula is C13H19F2NO. The van der Waals surface area contributed by atoms with Gasteiger partial charge in [-0.05, 0) is 38.4 Å². The van der Waals surface area contributed by atoms with Crippen molar-refractivity contribution in [2.75, 3.05) is 13.2 Å². The third-order valence-electron chi connectivity index (χ3n) is 2.48. The van der Waals surface area contributed by atoms with Crippen LogP contribution in [0.5, 0.6) is 5.75 Å². The third kappa shape index (κ3) is 5.13. The normalized spacial score (nSPS) is 12.5. The molecule has 1 N–H and O–H groups in total. The number of hydrogen-bond donors (Lipinski definition) is 1. The molecule has 1 rings (SSSR count). The van der Waals surface area contributed by atoms with Gasteiger partial charge >= 0.3 is 0 Å². The van der Waals surface area contributed by atoms with Crippen LogP contribution in [0.2, 0.25) is 0 Å². The van der Waals surface area contributed by atoms with Crippen molar-refractivity contribution in [2.24, 2.45) is 0 Å². The summed E-state index contributed by atoms with van der Waals surface area (Å²) in [6.45, 7) is 5.47. The molecule has 0 spiro atoms. The molecule has 0 heterocycles. The Kier molecular flexibility index (Phi) is 5.91. The van der Waals surface area contributed by atoms with Gasteiger partial charge in [0.15, 0.2) is 11.6 Å². The molecule has 1 unspecified atom stereocenters. The van der Waals surface area contributed by atoms with Crippen LogP contribution in [-0.2, 0) is 0 Å². The lowest BCUT2D eigenvalue weighted by Crippen LogP contribution is -2.25. The minimum atomic E-state index is -0.522. The van der Waals surface area contributed by atoms with Crippen LogP contribution in [0.3, 0.4) is 0 Å². The minimum absolute atomic E-state index is 0.0129. The van der Waals surface area contributed by atoms with Gasteiger partial charge in [-0.3, -0.25) is 0 Å². The molecule has 0 aliphatic rings. The van der Waals surface area contributed by atoms with Gasteiger partial charge in [-0.15, -0.1) is 0 Å². The van der Waals surface area contributed by atoms with Crippen molar-refractivity contribution in [2.45, 2.75) is 32.7 Å². The highest BCUT2D eigenvalue weighted by Gasteiger charge is 2.05. The number of benzene rings is 1. The Hall–Kier alpha value is -1.16. The zero-order chi connectivity index (χ0) is 12.7. The van der Waals surface area contributed by atoms with E-state index in [0.29, 0.717) is 12.6 Å². The van der Waals surface area contributed by atoms with Gasteiger partial charge in [-0.1, -0.05) is 6.92 Å². The summed E-state index contributed by atoms with van der Waals surface area (Å²) in [4.78, 5) is 0. The van der Waals surface area contributed by atoms with Crippen molar-refractivity contribution in [3.63, 3.8) is 0 Å².